The molecule has 0 aliphatic rings. The van der Waals surface area contributed by atoms with Gasteiger partial charge in [0.15, 0.2) is 0 Å². The predicted molar refractivity (Wildman–Crippen MR) is 250 cm³/mol. The number of hydrogen-bond acceptors (Lipinski definition) is 7. The van der Waals surface area contributed by atoms with Gasteiger partial charge in [0.25, 0.3) is 28.4 Å². The van der Waals surface area contributed by atoms with Gasteiger partial charge in [-0.1, -0.05) is 191 Å². The van der Waals surface area contributed by atoms with Crippen LogP contribution in [0.2, 0.25) is 10.1 Å². The van der Waals surface area contributed by atoms with Crippen LogP contribution in [-0.2, 0) is 32.1 Å². The lowest BCUT2D eigenvalue weighted by molar-refractivity contribution is -0.142. The van der Waals surface area contributed by atoms with E-state index in [0.29, 0.717) is 0 Å². The first-order valence-electron chi connectivity index (χ1n) is 21.4. The summed E-state index contributed by atoms with van der Waals surface area (Å²) >= 11 is 0. The average Bonchev–Trinajstić information content (AvgIpc) is 3.25. The van der Waals surface area contributed by atoms with E-state index in [2.05, 4.69) is 101 Å². The number of rotatable bonds is 22. The van der Waals surface area contributed by atoms with Gasteiger partial charge in [0, 0.05) is 17.7 Å². The zero-order valence-electron chi connectivity index (χ0n) is 37.5. The molecule has 0 aliphatic carbocycles. The summed E-state index contributed by atoms with van der Waals surface area (Å²) in [4.78, 5) is 27.9. The van der Waals surface area contributed by atoms with Crippen LogP contribution in [0.4, 0.5) is 0 Å². The minimum atomic E-state index is -2.89. The van der Waals surface area contributed by atoms with Crippen molar-refractivity contribution in [2.45, 2.75) is 116 Å². The van der Waals surface area contributed by atoms with Gasteiger partial charge in [-0.3, -0.25) is 9.59 Å². The second-order valence-corrected chi connectivity index (χ2v) is 26.8. The van der Waals surface area contributed by atoms with Crippen molar-refractivity contribution in [2.75, 3.05) is 26.3 Å². The highest BCUT2D eigenvalue weighted by atomic mass is 31.1. The zero-order valence-corrected chi connectivity index (χ0v) is 40.4. The van der Waals surface area contributed by atoms with E-state index in [9.17, 15) is 14.2 Å². The van der Waals surface area contributed by atoms with E-state index in [1.54, 1.807) is 0 Å². The summed E-state index contributed by atoms with van der Waals surface area (Å²) in [5.41, 5.74) is -2.89. The maximum absolute atomic E-state index is 13.9. The van der Waals surface area contributed by atoms with E-state index in [0.717, 1.165) is 20.7 Å². The van der Waals surface area contributed by atoms with Crippen molar-refractivity contribution in [3.8, 4) is 0 Å². The molecule has 0 radical (unpaired) electrons. The van der Waals surface area contributed by atoms with Crippen LogP contribution in [0.3, 0.4) is 0 Å². The highest BCUT2D eigenvalue weighted by Crippen LogP contribution is 2.42. The monoisotopic (exact) mass is 871 g/mol. The van der Waals surface area contributed by atoms with Crippen LogP contribution in [0.5, 0.6) is 0 Å². The molecule has 2 N–H and O–H groups in total. The molecule has 60 heavy (non-hydrogen) atoms. The third kappa shape index (κ3) is 10.6. The van der Waals surface area contributed by atoms with Gasteiger partial charge in [-0.2, -0.15) is 0 Å². The zero-order chi connectivity index (χ0) is 44.1. The van der Waals surface area contributed by atoms with Gasteiger partial charge >= 0.3 is 8.25 Å². The quantitative estimate of drug-likeness (QED) is 0.0466. The molecule has 324 valence electrons. The molecule has 0 aromatic heterocycles. The van der Waals surface area contributed by atoms with Gasteiger partial charge in [-0.05, 0) is 56.5 Å². The summed E-state index contributed by atoms with van der Waals surface area (Å²) in [7, 11) is -8.51. The Morgan fingerprint density at radius 1 is 0.483 bits per heavy atom. The SMILES string of the molecule is CCC(CC)(O[P+](=O)OC(CC)(CC)C(=O)NCCO[Si](c1ccccc1)(c1ccccc1)C(C)(C)C)C(=O)NCCO[Si](c1ccccc1)(c1ccccc1)C(C)(C)C. The fraction of sp³-hybridized carbons (Fsp3) is 0.458. The van der Waals surface area contributed by atoms with Gasteiger partial charge in [-0.15, -0.1) is 9.05 Å². The normalized spacial score (nSPS) is 12.8. The van der Waals surface area contributed by atoms with E-state index >= 15 is 0 Å². The molecule has 0 atom stereocenters. The molecule has 0 fully saturated rings. The largest absolute Gasteiger partial charge is 0.699 e. The molecule has 0 spiro atoms. The van der Waals surface area contributed by atoms with Crippen molar-refractivity contribution in [1.82, 2.24) is 10.6 Å². The van der Waals surface area contributed by atoms with Crippen LogP contribution in [-0.4, -0.2) is 66.0 Å². The minimum absolute atomic E-state index is 0.220. The smallest absolute Gasteiger partial charge is 0.406 e. The molecule has 2 amide bonds. The topological polar surface area (TPSA) is 112 Å². The number of hydrogen-bond donors (Lipinski definition) is 2. The van der Waals surface area contributed by atoms with Crippen molar-refractivity contribution < 1.29 is 32.1 Å². The Balaban J connectivity index is 1.43. The van der Waals surface area contributed by atoms with Gasteiger partial charge in [0.2, 0.25) is 11.2 Å². The van der Waals surface area contributed by atoms with Gasteiger partial charge < -0.3 is 19.5 Å². The summed E-state index contributed by atoms with van der Waals surface area (Å²) in [6.07, 6.45) is 0.970. The van der Waals surface area contributed by atoms with Crippen LogP contribution in [0.25, 0.3) is 0 Å². The van der Waals surface area contributed by atoms with Crippen molar-refractivity contribution in [2.24, 2.45) is 0 Å². The van der Waals surface area contributed by atoms with Crippen LogP contribution >= 0.6 is 8.25 Å². The Kier molecular flexibility index (Phi) is 17.4. The molecule has 0 saturated heterocycles. The first-order valence-corrected chi connectivity index (χ1v) is 26.4. The number of benzene rings is 4. The summed E-state index contributed by atoms with van der Waals surface area (Å²) in [6, 6.07) is 41.4. The van der Waals surface area contributed by atoms with Crippen LogP contribution in [0.15, 0.2) is 121 Å². The lowest BCUT2D eigenvalue weighted by Crippen LogP contribution is -2.67. The molecule has 4 aromatic rings. The number of nitrogens with one attached hydrogen (secondary N) is 2. The first kappa shape index (κ1) is 48.9. The summed E-state index contributed by atoms with van der Waals surface area (Å²) in [5.74, 6) is -0.817. The minimum Gasteiger partial charge on any atom is -0.406 e. The van der Waals surface area contributed by atoms with E-state index in [1.165, 1.54) is 0 Å². The highest BCUT2D eigenvalue weighted by Gasteiger charge is 2.53. The van der Waals surface area contributed by atoms with Crippen LogP contribution in [0, 0.1) is 0 Å². The Morgan fingerprint density at radius 2 is 0.733 bits per heavy atom. The van der Waals surface area contributed by atoms with Gasteiger partial charge in [0.1, 0.15) is 0 Å². The molecule has 0 saturated carbocycles. The Hall–Kier alpha value is -3.81. The number of carbonyl (C=O) groups is 2. The molecule has 0 heterocycles. The lowest BCUT2D eigenvalue weighted by atomic mass is 9.96. The van der Waals surface area contributed by atoms with Crippen LogP contribution in [0.1, 0.15) is 94.9 Å². The van der Waals surface area contributed by atoms with E-state index in [4.69, 9.17) is 17.9 Å². The van der Waals surface area contributed by atoms with Gasteiger partial charge in [0.05, 0.1) is 13.2 Å². The maximum Gasteiger partial charge on any atom is 0.699 e. The van der Waals surface area contributed by atoms with Crippen molar-refractivity contribution in [1.29, 1.82) is 0 Å². The predicted octanol–water partition coefficient (Wildman–Crippen LogP) is 8.18. The molecule has 0 unspecified atom stereocenters. The second-order valence-electron chi connectivity index (χ2n) is 17.3. The standard InChI is InChI=1S/C48H67N2O7PSi2/c1-11-47(12-2,43(51)49-35-37-54-59(45(5,6)7,39-27-19-15-20-28-39)40-29-21-16-22-30-40)56-58(53)57-48(13-3,14-4)44(52)50-36-38-55-60(46(8,9)10,41-31-23-17-24-32-41)42-33-25-18-26-34-42/h15-34H,11-14,35-38H2,1-10H3,(H-,49,50,51,52)/p+1. The fourth-order valence-electron chi connectivity index (χ4n) is 8.37. The molecule has 9 nitrogen and oxygen atoms in total. The molecular weight excluding hydrogens is 804 g/mol. The third-order valence-electron chi connectivity index (χ3n) is 11.9. The molecular formula is C48H68N2O7PSi2+. The summed E-state index contributed by atoms with van der Waals surface area (Å²) in [6.45, 7) is 21.5. The highest BCUT2D eigenvalue weighted by molar-refractivity contribution is 7.33. The molecule has 0 aliphatic heterocycles. The number of carbonyl (C=O) groups excluding carboxylic acids is 2. The van der Waals surface area contributed by atoms with Gasteiger partial charge in [-0.25, -0.2) is 0 Å². The van der Waals surface area contributed by atoms with Crippen LogP contribution < -0.4 is 31.4 Å². The van der Waals surface area contributed by atoms with Crippen molar-refractivity contribution in [3.63, 3.8) is 0 Å². The summed E-state index contributed by atoms with van der Waals surface area (Å²) in [5, 5.41) is 10.2. The Morgan fingerprint density at radius 3 is 0.950 bits per heavy atom. The molecule has 4 aromatic carbocycles. The molecule has 4 rings (SSSR count). The summed E-state index contributed by atoms with van der Waals surface area (Å²) < 4.78 is 39.8. The van der Waals surface area contributed by atoms with E-state index in [1.807, 2.05) is 100 Å². The Labute approximate surface area is 362 Å². The second kappa shape index (κ2) is 21.3. The first-order chi connectivity index (χ1) is 28.5. The van der Waals surface area contributed by atoms with Crippen molar-refractivity contribution in [3.05, 3.63) is 121 Å². The fourth-order valence-corrected chi connectivity index (χ4v) is 18.8. The molecule has 12 heteroatoms. The molecule has 0 bridgehead atoms. The van der Waals surface area contributed by atoms with E-state index < -0.39 is 47.9 Å². The maximum atomic E-state index is 13.9. The van der Waals surface area contributed by atoms with E-state index in [-0.39, 0.29) is 62.1 Å². The average molecular weight is 872 g/mol. The number of amides is 2. The lowest BCUT2D eigenvalue weighted by Gasteiger charge is -2.43. The van der Waals surface area contributed by atoms with Crippen molar-refractivity contribution >= 4 is 57.5 Å². The Bertz CT molecular complexity index is 1730. The third-order valence-corrected chi connectivity index (χ3v) is 22.9.